The molecule has 57 heavy (non-hydrogen) atoms. The molecule has 0 amide bonds. The monoisotopic (exact) mass is 742 g/mol. The van der Waals surface area contributed by atoms with Crippen molar-refractivity contribution in [3.8, 4) is 16.8 Å². The van der Waals surface area contributed by atoms with E-state index in [4.69, 9.17) is 0 Å². The number of para-hydroxylation sites is 1. The predicted molar refractivity (Wildman–Crippen MR) is 246 cm³/mol. The Bertz CT molecular complexity index is 3520. The van der Waals surface area contributed by atoms with Crippen molar-refractivity contribution in [3.05, 3.63) is 206 Å². The minimum absolute atomic E-state index is 1.12. The van der Waals surface area contributed by atoms with E-state index < -0.39 is 0 Å². The lowest BCUT2D eigenvalue weighted by Gasteiger charge is -2.26. The molecule has 0 bridgehead atoms. The lowest BCUT2D eigenvalue weighted by molar-refractivity contribution is 1.19. The van der Waals surface area contributed by atoms with Crippen LogP contribution in [0, 0.1) is 0 Å². The van der Waals surface area contributed by atoms with E-state index in [2.05, 4.69) is 216 Å². The van der Waals surface area contributed by atoms with Gasteiger partial charge < -0.3 is 9.47 Å². The summed E-state index contributed by atoms with van der Waals surface area (Å²) < 4.78 is 5.06. The van der Waals surface area contributed by atoms with Crippen LogP contribution in [0.15, 0.2) is 206 Å². The average molecular weight is 743 g/mol. The molecule has 0 aliphatic heterocycles. The van der Waals surface area contributed by atoms with Gasteiger partial charge in [-0.15, -0.1) is 11.3 Å². The summed E-state index contributed by atoms with van der Waals surface area (Å²) in [6.45, 7) is 0. The van der Waals surface area contributed by atoms with E-state index in [0.717, 1.165) is 17.1 Å². The summed E-state index contributed by atoms with van der Waals surface area (Å²) in [4.78, 5) is 2.44. The number of hydrogen-bond donors (Lipinski definition) is 0. The zero-order chi connectivity index (χ0) is 37.5. The van der Waals surface area contributed by atoms with Crippen LogP contribution in [0.5, 0.6) is 0 Å². The number of fused-ring (bicyclic) bond motifs is 11. The van der Waals surface area contributed by atoms with E-state index in [1.54, 1.807) is 0 Å². The second kappa shape index (κ2) is 12.7. The Balaban J connectivity index is 1.04. The van der Waals surface area contributed by atoms with Gasteiger partial charge in [-0.2, -0.15) is 0 Å². The quantitative estimate of drug-likeness (QED) is 0.170. The number of thiophene rings is 1. The highest BCUT2D eigenvalue weighted by atomic mass is 32.1. The van der Waals surface area contributed by atoms with Crippen LogP contribution in [-0.4, -0.2) is 4.57 Å². The number of benzene rings is 10. The average Bonchev–Trinajstić information content (AvgIpc) is 3.84. The Kier molecular flexibility index (Phi) is 7.13. The van der Waals surface area contributed by atoms with Crippen LogP contribution in [0.3, 0.4) is 0 Å². The van der Waals surface area contributed by atoms with Crippen LogP contribution in [-0.2, 0) is 0 Å². The van der Waals surface area contributed by atoms with Gasteiger partial charge in [-0.25, -0.2) is 0 Å². The maximum absolute atomic E-state index is 2.45. The third-order valence-electron chi connectivity index (χ3n) is 11.7. The molecule has 10 aromatic carbocycles. The van der Waals surface area contributed by atoms with Crippen molar-refractivity contribution < 1.29 is 0 Å². The highest BCUT2D eigenvalue weighted by molar-refractivity contribution is 7.27. The fourth-order valence-corrected chi connectivity index (χ4v) is 10.4. The van der Waals surface area contributed by atoms with Gasteiger partial charge in [0.1, 0.15) is 0 Å². The Hall–Kier alpha value is -7.20. The van der Waals surface area contributed by atoms with E-state index in [1.807, 2.05) is 11.3 Å². The molecule has 0 atom stereocenters. The third kappa shape index (κ3) is 5.03. The first kappa shape index (κ1) is 32.1. The van der Waals surface area contributed by atoms with E-state index >= 15 is 0 Å². The summed E-state index contributed by atoms with van der Waals surface area (Å²) in [7, 11) is 0. The van der Waals surface area contributed by atoms with Crippen LogP contribution in [0.25, 0.3) is 91.1 Å². The van der Waals surface area contributed by atoms with Crippen LogP contribution < -0.4 is 4.90 Å². The lowest BCUT2D eigenvalue weighted by atomic mass is 10.0. The van der Waals surface area contributed by atoms with Crippen molar-refractivity contribution in [1.29, 1.82) is 0 Å². The lowest BCUT2D eigenvalue weighted by Crippen LogP contribution is -2.10. The first-order valence-electron chi connectivity index (χ1n) is 19.5. The minimum atomic E-state index is 1.12. The van der Waals surface area contributed by atoms with Gasteiger partial charge in [0.15, 0.2) is 0 Å². The van der Waals surface area contributed by atoms with Crippen LogP contribution >= 0.6 is 11.3 Å². The Labute approximate surface area is 333 Å². The molecule has 2 heterocycles. The number of rotatable bonds is 5. The number of aromatic nitrogens is 1. The van der Waals surface area contributed by atoms with E-state index in [-0.39, 0.29) is 0 Å². The molecule has 12 rings (SSSR count). The van der Waals surface area contributed by atoms with Gasteiger partial charge in [0.2, 0.25) is 0 Å². The van der Waals surface area contributed by atoms with Gasteiger partial charge in [0.05, 0.1) is 21.4 Å². The molecule has 0 radical (unpaired) electrons. The molecule has 0 aliphatic rings. The number of nitrogens with zero attached hydrogens (tertiary/aromatic N) is 2. The molecule has 0 unspecified atom stereocenters. The Morgan fingerprint density at radius 2 is 0.947 bits per heavy atom. The highest BCUT2D eigenvalue weighted by Gasteiger charge is 2.20. The summed E-state index contributed by atoms with van der Waals surface area (Å²) in [6, 6.07) is 75.7. The normalized spacial score (nSPS) is 11.9. The summed E-state index contributed by atoms with van der Waals surface area (Å²) in [5.74, 6) is 0. The molecule has 2 nitrogen and oxygen atoms in total. The topological polar surface area (TPSA) is 8.17 Å². The van der Waals surface area contributed by atoms with Crippen LogP contribution in [0.2, 0.25) is 0 Å². The second-order valence-electron chi connectivity index (χ2n) is 14.9. The molecule has 266 valence electrons. The first-order valence-corrected chi connectivity index (χ1v) is 20.3. The van der Waals surface area contributed by atoms with Crippen LogP contribution in [0.4, 0.5) is 17.1 Å². The van der Waals surface area contributed by atoms with Crippen molar-refractivity contribution in [2.75, 3.05) is 4.90 Å². The summed E-state index contributed by atoms with van der Waals surface area (Å²) in [5, 5.41) is 12.7. The number of anilines is 3. The van der Waals surface area contributed by atoms with Crippen molar-refractivity contribution in [2.45, 2.75) is 0 Å². The van der Waals surface area contributed by atoms with Gasteiger partial charge in [-0.05, 0) is 86.6 Å². The van der Waals surface area contributed by atoms with E-state index in [0.29, 0.717) is 0 Å². The zero-order valence-corrected chi connectivity index (χ0v) is 31.7. The van der Waals surface area contributed by atoms with Gasteiger partial charge in [0, 0.05) is 48.7 Å². The summed E-state index contributed by atoms with van der Waals surface area (Å²) in [5.41, 5.74) is 9.42. The maximum Gasteiger partial charge on any atom is 0.0640 e. The molecular weight excluding hydrogens is 709 g/mol. The van der Waals surface area contributed by atoms with Gasteiger partial charge in [-0.3, -0.25) is 0 Å². The summed E-state index contributed by atoms with van der Waals surface area (Å²) in [6.07, 6.45) is 0. The SMILES string of the molecule is c1ccc(-n2c3cc(-c4ccc(N(c5ccc6ccccc6c5)c5cccc6c5sc5c7ccccc7ccc65)cc4)ccc3c3ccc4ccccc4c32)cc1. The van der Waals surface area contributed by atoms with Crippen molar-refractivity contribution in [2.24, 2.45) is 0 Å². The van der Waals surface area contributed by atoms with E-state index in [1.165, 1.54) is 91.1 Å². The molecule has 0 saturated heterocycles. The highest BCUT2D eigenvalue weighted by Crippen LogP contribution is 2.47. The third-order valence-corrected chi connectivity index (χ3v) is 13.0. The largest absolute Gasteiger partial charge is 0.309 e. The molecule has 3 heteroatoms. The number of hydrogen-bond acceptors (Lipinski definition) is 2. The smallest absolute Gasteiger partial charge is 0.0640 e. The van der Waals surface area contributed by atoms with Gasteiger partial charge in [0.25, 0.3) is 0 Å². The second-order valence-corrected chi connectivity index (χ2v) is 15.9. The molecule has 0 saturated carbocycles. The molecule has 2 aromatic heterocycles. The molecular formula is C54H34N2S. The maximum atomic E-state index is 2.45. The minimum Gasteiger partial charge on any atom is -0.309 e. The van der Waals surface area contributed by atoms with Crippen molar-refractivity contribution in [3.63, 3.8) is 0 Å². The van der Waals surface area contributed by atoms with Crippen molar-refractivity contribution in [1.82, 2.24) is 4.57 Å². The fraction of sp³-hybridized carbons (Fsp3) is 0. The van der Waals surface area contributed by atoms with Gasteiger partial charge >= 0.3 is 0 Å². The molecule has 0 aliphatic carbocycles. The van der Waals surface area contributed by atoms with Crippen LogP contribution in [0.1, 0.15) is 0 Å². The molecule has 0 spiro atoms. The Morgan fingerprint density at radius 3 is 1.77 bits per heavy atom. The van der Waals surface area contributed by atoms with E-state index in [9.17, 15) is 0 Å². The van der Waals surface area contributed by atoms with Gasteiger partial charge in [-0.1, -0.05) is 158 Å². The Morgan fingerprint density at radius 1 is 0.351 bits per heavy atom. The predicted octanol–water partition coefficient (Wildman–Crippen LogP) is 15.7. The standard InChI is InChI=1S/C54H34N2S/c1-2-15-41(16-3-1)56-51-34-40(26-30-46(51)47-31-24-37-12-6-8-17-44(37)52(47)56)36-21-27-42(28-22-36)55(43-29-23-35-11-4-5-14-39(35)33-43)50-20-10-19-48-49-32-25-38-13-7-9-18-45(38)53(49)57-54(48)50/h1-34H. The fourth-order valence-electron chi connectivity index (χ4n) is 9.04. The molecule has 12 aromatic rings. The first-order chi connectivity index (χ1) is 28.3. The molecule has 0 fully saturated rings. The van der Waals surface area contributed by atoms with Crippen molar-refractivity contribution >= 4 is 103 Å². The summed E-state index contributed by atoms with van der Waals surface area (Å²) >= 11 is 1.90. The zero-order valence-electron chi connectivity index (χ0n) is 30.9. The molecule has 0 N–H and O–H groups in total.